The first-order valence-electron chi connectivity index (χ1n) is 7.58. The molecule has 1 aliphatic heterocycles. The Bertz CT molecular complexity index is 851. The third-order valence-corrected chi connectivity index (χ3v) is 6.22. The number of nitrogens with one attached hydrogen (secondary N) is 2. The van der Waals surface area contributed by atoms with Crippen LogP contribution in [0.1, 0.15) is 18.9 Å². The summed E-state index contributed by atoms with van der Waals surface area (Å²) in [6.45, 7) is 2.20. The van der Waals surface area contributed by atoms with Crippen molar-refractivity contribution in [1.29, 1.82) is 0 Å². The summed E-state index contributed by atoms with van der Waals surface area (Å²) in [6.07, 6.45) is 0.410. The second-order valence-corrected chi connectivity index (χ2v) is 8.90. The van der Waals surface area contributed by atoms with Gasteiger partial charge in [0.2, 0.25) is 15.9 Å². The number of fused-ring (bicyclic) bond motifs is 1. The molecule has 0 radical (unpaired) electrons. The number of hydrogen-bond acceptors (Lipinski definition) is 4. The van der Waals surface area contributed by atoms with Gasteiger partial charge in [0.15, 0.2) is 0 Å². The molecule has 2 N–H and O–H groups in total. The van der Waals surface area contributed by atoms with E-state index in [9.17, 15) is 13.2 Å². The second-order valence-electron chi connectivity index (χ2n) is 5.65. The van der Waals surface area contributed by atoms with Gasteiger partial charge in [-0.3, -0.25) is 4.79 Å². The summed E-state index contributed by atoms with van der Waals surface area (Å²) in [5.74, 6) is -0.0967. The molecule has 1 aliphatic rings. The lowest BCUT2D eigenvalue weighted by atomic mass is 10.2. The fraction of sp³-hybridized carbons (Fsp3) is 0.235. The zero-order valence-electron chi connectivity index (χ0n) is 13.2. The lowest BCUT2D eigenvalue weighted by Crippen LogP contribution is -2.23. The lowest BCUT2D eigenvalue weighted by molar-refractivity contribution is -0.116. The van der Waals surface area contributed by atoms with Gasteiger partial charge in [-0.05, 0) is 23.8 Å². The van der Waals surface area contributed by atoms with Crippen LogP contribution >= 0.6 is 11.8 Å². The van der Waals surface area contributed by atoms with E-state index in [0.29, 0.717) is 12.1 Å². The van der Waals surface area contributed by atoms with E-state index in [-0.39, 0.29) is 22.6 Å². The Labute approximate surface area is 145 Å². The van der Waals surface area contributed by atoms with Crippen molar-refractivity contribution in [2.75, 3.05) is 5.32 Å². The average molecular weight is 362 g/mol. The molecule has 0 aromatic heterocycles. The number of thioether (sulfide) groups is 1. The van der Waals surface area contributed by atoms with Gasteiger partial charge in [0, 0.05) is 23.1 Å². The van der Waals surface area contributed by atoms with E-state index in [4.69, 9.17) is 0 Å². The van der Waals surface area contributed by atoms with Crippen molar-refractivity contribution in [3.63, 3.8) is 0 Å². The van der Waals surface area contributed by atoms with Gasteiger partial charge >= 0.3 is 0 Å². The largest absolute Gasteiger partial charge is 0.325 e. The maximum absolute atomic E-state index is 12.5. The van der Waals surface area contributed by atoms with Crippen LogP contribution in [0.3, 0.4) is 0 Å². The molecular weight excluding hydrogens is 344 g/mol. The first kappa shape index (κ1) is 17.0. The first-order valence-corrected chi connectivity index (χ1v) is 9.94. The van der Waals surface area contributed by atoms with Crippen molar-refractivity contribution >= 4 is 33.4 Å². The molecule has 5 nitrogen and oxygen atoms in total. The maximum Gasteiger partial charge on any atom is 0.240 e. The van der Waals surface area contributed by atoms with E-state index in [1.807, 2.05) is 37.3 Å². The second kappa shape index (κ2) is 6.96. The molecule has 2 aromatic rings. The van der Waals surface area contributed by atoms with Crippen molar-refractivity contribution < 1.29 is 13.2 Å². The summed E-state index contributed by atoms with van der Waals surface area (Å²) >= 11 is 1.57. The van der Waals surface area contributed by atoms with Crippen LogP contribution in [0.4, 0.5) is 5.69 Å². The van der Waals surface area contributed by atoms with Gasteiger partial charge in [0.25, 0.3) is 0 Å². The van der Waals surface area contributed by atoms with E-state index in [2.05, 4.69) is 10.0 Å². The molecule has 0 spiro atoms. The minimum atomic E-state index is -3.65. The summed E-state index contributed by atoms with van der Waals surface area (Å²) in [4.78, 5) is 12.9. The first-order chi connectivity index (χ1) is 11.4. The number of carbonyl (C=O) groups excluding carboxylic acids is 1. The number of anilines is 1. The predicted molar refractivity (Wildman–Crippen MR) is 95.5 cm³/mol. The molecule has 0 aliphatic carbocycles. The van der Waals surface area contributed by atoms with E-state index >= 15 is 0 Å². The molecule has 1 atom stereocenters. The number of sulfonamides is 1. The van der Waals surface area contributed by atoms with E-state index in [1.54, 1.807) is 23.9 Å². The quantitative estimate of drug-likeness (QED) is 0.877. The normalized spacial score (nSPS) is 17.7. The van der Waals surface area contributed by atoms with Crippen molar-refractivity contribution in [2.24, 2.45) is 0 Å². The van der Waals surface area contributed by atoms with Crippen molar-refractivity contribution in [3.05, 3.63) is 54.1 Å². The molecule has 3 rings (SSSR count). The predicted octanol–water partition coefficient (Wildman–Crippen LogP) is 2.99. The Hall–Kier alpha value is -1.83. The molecule has 0 fully saturated rings. The van der Waals surface area contributed by atoms with E-state index in [1.165, 1.54) is 6.07 Å². The van der Waals surface area contributed by atoms with Gasteiger partial charge in [-0.2, -0.15) is 0 Å². The molecule has 126 valence electrons. The van der Waals surface area contributed by atoms with Gasteiger partial charge in [0.05, 0.1) is 10.6 Å². The Kier molecular flexibility index (Phi) is 4.93. The smallest absolute Gasteiger partial charge is 0.240 e. The van der Waals surface area contributed by atoms with Crippen LogP contribution in [-0.4, -0.2) is 19.6 Å². The van der Waals surface area contributed by atoms with Crippen LogP contribution in [0.25, 0.3) is 0 Å². The number of amides is 1. The Morgan fingerprint density at radius 3 is 2.71 bits per heavy atom. The summed E-state index contributed by atoms with van der Waals surface area (Å²) in [5.41, 5.74) is 1.44. The average Bonchev–Trinajstić information content (AvgIpc) is 2.69. The maximum atomic E-state index is 12.5. The molecule has 0 saturated heterocycles. The highest BCUT2D eigenvalue weighted by molar-refractivity contribution is 8.00. The summed E-state index contributed by atoms with van der Waals surface area (Å²) in [7, 11) is -3.65. The van der Waals surface area contributed by atoms with Gasteiger partial charge in [-0.1, -0.05) is 37.3 Å². The molecule has 7 heteroatoms. The lowest BCUT2D eigenvalue weighted by Gasteiger charge is -2.11. The molecule has 24 heavy (non-hydrogen) atoms. The molecular formula is C17H18N2O3S2. The fourth-order valence-corrected chi connectivity index (χ4v) is 4.55. The highest BCUT2D eigenvalue weighted by Crippen LogP contribution is 2.36. The number of hydrogen-bond donors (Lipinski definition) is 2. The van der Waals surface area contributed by atoms with E-state index in [0.717, 1.165) is 10.5 Å². The highest BCUT2D eigenvalue weighted by Gasteiger charge is 2.22. The molecule has 1 heterocycles. The van der Waals surface area contributed by atoms with Crippen LogP contribution in [-0.2, 0) is 21.4 Å². The number of carbonyl (C=O) groups is 1. The topological polar surface area (TPSA) is 75.3 Å². The summed E-state index contributed by atoms with van der Waals surface area (Å²) < 4.78 is 27.6. The summed E-state index contributed by atoms with van der Waals surface area (Å²) in [6, 6.07) is 14.2. The SMILES string of the molecule is C[C@@H]1CC(=O)Nc2cc(S(=O)(=O)NCc3ccccc3)ccc2S1. The van der Waals surface area contributed by atoms with Gasteiger partial charge in [0.1, 0.15) is 0 Å². The van der Waals surface area contributed by atoms with Gasteiger partial charge in [-0.15, -0.1) is 11.8 Å². The molecule has 0 unspecified atom stereocenters. The zero-order chi connectivity index (χ0) is 17.2. The Balaban J connectivity index is 1.82. The van der Waals surface area contributed by atoms with Crippen LogP contribution < -0.4 is 10.0 Å². The number of rotatable bonds is 4. The third kappa shape index (κ3) is 3.98. The molecule has 0 bridgehead atoms. The zero-order valence-corrected chi connectivity index (χ0v) is 14.8. The molecule has 2 aromatic carbocycles. The Morgan fingerprint density at radius 1 is 1.21 bits per heavy atom. The van der Waals surface area contributed by atoms with Gasteiger partial charge in [-0.25, -0.2) is 13.1 Å². The fourth-order valence-electron chi connectivity index (χ4n) is 2.45. The minimum absolute atomic E-state index is 0.0967. The van der Waals surface area contributed by atoms with Crippen LogP contribution in [0.2, 0.25) is 0 Å². The van der Waals surface area contributed by atoms with Crippen molar-refractivity contribution in [3.8, 4) is 0 Å². The van der Waals surface area contributed by atoms with Crippen molar-refractivity contribution in [1.82, 2.24) is 4.72 Å². The molecule has 0 saturated carbocycles. The Morgan fingerprint density at radius 2 is 1.96 bits per heavy atom. The number of benzene rings is 2. The standard InChI is InChI=1S/C17H18N2O3S2/c1-12-9-17(20)19-15-10-14(7-8-16(15)23-12)24(21,22)18-11-13-5-3-2-4-6-13/h2-8,10,12,18H,9,11H2,1H3,(H,19,20)/t12-/m1/s1. The van der Waals surface area contributed by atoms with Crippen LogP contribution in [0, 0.1) is 0 Å². The van der Waals surface area contributed by atoms with E-state index < -0.39 is 10.0 Å². The van der Waals surface area contributed by atoms with Crippen LogP contribution in [0.5, 0.6) is 0 Å². The monoisotopic (exact) mass is 362 g/mol. The molecule has 1 amide bonds. The third-order valence-electron chi connectivity index (χ3n) is 3.65. The minimum Gasteiger partial charge on any atom is -0.325 e. The van der Waals surface area contributed by atoms with Gasteiger partial charge < -0.3 is 5.32 Å². The van der Waals surface area contributed by atoms with Crippen molar-refractivity contribution in [2.45, 2.75) is 34.9 Å². The highest BCUT2D eigenvalue weighted by atomic mass is 32.2. The summed E-state index contributed by atoms with van der Waals surface area (Å²) in [5, 5.41) is 2.94. The van der Waals surface area contributed by atoms with Crippen LogP contribution in [0.15, 0.2) is 58.3 Å².